The number of rotatable bonds is 6. The predicted octanol–water partition coefficient (Wildman–Crippen LogP) is 4.04. The molecule has 0 aliphatic heterocycles. The molecule has 0 saturated heterocycles. The first kappa shape index (κ1) is 18.9. The van der Waals surface area contributed by atoms with Crippen molar-refractivity contribution in [3.63, 3.8) is 0 Å². The fourth-order valence-corrected chi connectivity index (χ4v) is 2.27. The molecule has 1 aromatic carbocycles. The van der Waals surface area contributed by atoms with Crippen LogP contribution in [-0.2, 0) is 11.0 Å². The van der Waals surface area contributed by atoms with Gasteiger partial charge in [-0.05, 0) is 45.4 Å². The summed E-state index contributed by atoms with van der Waals surface area (Å²) < 4.78 is 68.4. The van der Waals surface area contributed by atoms with E-state index in [1.165, 1.54) is 12.1 Å². The SMILES string of the molecule is C[C@@H](NS(=O)C(C)(C)C)c1cccc(OC(F)(F)C(F)F)c1. The van der Waals surface area contributed by atoms with Crippen LogP contribution in [-0.4, -0.2) is 21.5 Å². The molecule has 0 fully saturated rings. The zero-order chi connectivity index (χ0) is 17.1. The molecule has 0 spiro atoms. The minimum atomic E-state index is -4.55. The van der Waals surface area contributed by atoms with Crippen molar-refractivity contribution >= 4 is 11.0 Å². The van der Waals surface area contributed by atoms with Gasteiger partial charge in [0.15, 0.2) is 0 Å². The molecule has 0 saturated carbocycles. The van der Waals surface area contributed by atoms with Crippen molar-refractivity contribution in [1.29, 1.82) is 0 Å². The maximum Gasteiger partial charge on any atom is 0.461 e. The van der Waals surface area contributed by atoms with E-state index >= 15 is 0 Å². The van der Waals surface area contributed by atoms with Gasteiger partial charge < -0.3 is 4.74 Å². The van der Waals surface area contributed by atoms with E-state index in [9.17, 15) is 21.8 Å². The van der Waals surface area contributed by atoms with E-state index in [0.29, 0.717) is 5.56 Å². The highest BCUT2D eigenvalue weighted by molar-refractivity contribution is 7.84. The highest BCUT2D eigenvalue weighted by Crippen LogP contribution is 2.29. The molecule has 1 N–H and O–H groups in total. The van der Waals surface area contributed by atoms with E-state index in [1.807, 2.05) is 0 Å². The van der Waals surface area contributed by atoms with E-state index in [2.05, 4.69) is 9.46 Å². The normalized spacial score (nSPS) is 15.7. The summed E-state index contributed by atoms with van der Waals surface area (Å²) in [4.78, 5) is 0. The molecule has 0 aromatic heterocycles. The van der Waals surface area contributed by atoms with Gasteiger partial charge in [-0.25, -0.2) is 8.93 Å². The smallest absolute Gasteiger partial charge is 0.428 e. The molecule has 0 radical (unpaired) electrons. The lowest BCUT2D eigenvalue weighted by atomic mass is 10.1. The molecular weight excluding hydrogens is 322 g/mol. The third kappa shape index (κ3) is 5.24. The second-order valence-corrected chi connectivity index (χ2v) is 7.76. The maximum atomic E-state index is 12.9. The quantitative estimate of drug-likeness (QED) is 0.793. The number of alkyl halides is 4. The number of hydrogen-bond donors (Lipinski definition) is 1. The molecule has 126 valence electrons. The van der Waals surface area contributed by atoms with E-state index in [-0.39, 0.29) is 5.75 Å². The first-order valence-corrected chi connectivity index (χ1v) is 7.71. The molecule has 22 heavy (non-hydrogen) atoms. The first-order chi connectivity index (χ1) is 9.93. The van der Waals surface area contributed by atoms with E-state index in [1.54, 1.807) is 33.8 Å². The number of nitrogens with one attached hydrogen (secondary N) is 1. The lowest BCUT2D eigenvalue weighted by Gasteiger charge is -2.23. The maximum absolute atomic E-state index is 12.9. The molecule has 1 rings (SSSR count). The average Bonchev–Trinajstić information content (AvgIpc) is 2.37. The summed E-state index contributed by atoms with van der Waals surface area (Å²) in [5.74, 6) is -0.377. The fraction of sp³-hybridized carbons (Fsp3) is 0.571. The van der Waals surface area contributed by atoms with Crippen LogP contribution in [0.3, 0.4) is 0 Å². The van der Waals surface area contributed by atoms with Gasteiger partial charge in [-0.2, -0.15) is 17.6 Å². The van der Waals surface area contributed by atoms with E-state index < -0.39 is 34.3 Å². The van der Waals surface area contributed by atoms with Crippen molar-refractivity contribution < 1.29 is 26.5 Å². The minimum absolute atomic E-state index is 0.377. The van der Waals surface area contributed by atoms with Gasteiger partial charge in [0.1, 0.15) is 5.75 Å². The zero-order valence-corrected chi connectivity index (χ0v) is 13.5. The first-order valence-electron chi connectivity index (χ1n) is 6.56. The van der Waals surface area contributed by atoms with Crippen molar-refractivity contribution in [2.24, 2.45) is 0 Å². The zero-order valence-electron chi connectivity index (χ0n) is 12.7. The molecule has 0 heterocycles. The molecular formula is C14H19F4NO2S. The Bertz CT molecular complexity index is 532. The molecule has 2 atom stereocenters. The lowest BCUT2D eigenvalue weighted by Crippen LogP contribution is -2.35. The van der Waals surface area contributed by atoms with Crippen molar-refractivity contribution in [3.05, 3.63) is 29.8 Å². The van der Waals surface area contributed by atoms with Gasteiger partial charge in [0.2, 0.25) is 0 Å². The van der Waals surface area contributed by atoms with Crippen LogP contribution in [0.5, 0.6) is 5.75 Å². The van der Waals surface area contributed by atoms with Crippen LogP contribution in [0.2, 0.25) is 0 Å². The van der Waals surface area contributed by atoms with Gasteiger partial charge in [-0.15, -0.1) is 0 Å². The second-order valence-electron chi connectivity index (χ2n) is 5.76. The Morgan fingerprint density at radius 2 is 1.82 bits per heavy atom. The Morgan fingerprint density at radius 3 is 2.32 bits per heavy atom. The number of halogens is 4. The molecule has 8 heteroatoms. The van der Waals surface area contributed by atoms with Crippen molar-refractivity contribution in [2.45, 2.75) is 51.0 Å². The molecule has 0 aliphatic rings. The summed E-state index contributed by atoms with van der Waals surface area (Å²) in [5, 5.41) is 0. The number of benzene rings is 1. The van der Waals surface area contributed by atoms with Crippen LogP contribution >= 0.6 is 0 Å². The van der Waals surface area contributed by atoms with E-state index in [4.69, 9.17) is 0 Å². The van der Waals surface area contributed by atoms with Gasteiger partial charge in [-0.3, -0.25) is 0 Å². The van der Waals surface area contributed by atoms with E-state index in [0.717, 1.165) is 6.07 Å². The molecule has 3 nitrogen and oxygen atoms in total. The van der Waals surface area contributed by atoms with Gasteiger partial charge in [-0.1, -0.05) is 12.1 Å². The summed E-state index contributed by atoms with van der Waals surface area (Å²) in [7, 11) is -1.36. The number of hydrogen-bond acceptors (Lipinski definition) is 2. The van der Waals surface area contributed by atoms with Crippen LogP contribution in [0.15, 0.2) is 24.3 Å². The molecule has 1 aromatic rings. The standard InChI is InChI=1S/C14H19F4NO2S/c1-9(19-22(20)13(2,3)4)10-6-5-7-11(8-10)21-14(17,18)12(15)16/h5-9,12,19H,1-4H3/t9-,22?/m1/s1. The van der Waals surface area contributed by atoms with Crippen molar-refractivity contribution in [3.8, 4) is 5.75 Å². The Morgan fingerprint density at radius 1 is 1.23 bits per heavy atom. The summed E-state index contributed by atoms with van der Waals surface area (Å²) in [5.41, 5.74) is 0.500. The molecule has 1 unspecified atom stereocenters. The number of ether oxygens (including phenoxy) is 1. The van der Waals surface area contributed by atoms with Crippen LogP contribution < -0.4 is 9.46 Å². The summed E-state index contributed by atoms with van der Waals surface area (Å²) in [6, 6.07) is 4.96. The van der Waals surface area contributed by atoms with Crippen LogP contribution in [0.4, 0.5) is 17.6 Å². The van der Waals surface area contributed by atoms with Crippen LogP contribution in [0.1, 0.15) is 39.3 Å². The Hall–Kier alpha value is -1.15. The highest BCUT2D eigenvalue weighted by atomic mass is 32.2. The third-order valence-corrected chi connectivity index (χ3v) is 4.39. The lowest BCUT2D eigenvalue weighted by molar-refractivity contribution is -0.253. The topological polar surface area (TPSA) is 38.3 Å². The summed E-state index contributed by atoms with van der Waals surface area (Å²) in [6.07, 6.45) is -8.47. The largest absolute Gasteiger partial charge is 0.461 e. The van der Waals surface area contributed by atoms with Gasteiger partial charge in [0.05, 0.1) is 15.7 Å². The van der Waals surface area contributed by atoms with Gasteiger partial charge >= 0.3 is 12.5 Å². The Kier molecular flexibility index (Phi) is 5.97. The predicted molar refractivity (Wildman–Crippen MR) is 77.5 cm³/mol. The highest BCUT2D eigenvalue weighted by Gasteiger charge is 2.44. The molecule has 0 amide bonds. The van der Waals surface area contributed by atoms with Gasteiger partial charge in [0, 0.05) is 6.04 Å². The minimum Gasteiger partial charge on any atom is -0.428 e. The van der Waals surface area contributed by atoms with Gasteiger partial charge in [0.25, 0.3) is 0 Å². The summed E-state index contributed by atoms with van der Waals surface area (Å²) in [6.45, 7) is 7.04. The molecule has 0 bridgehead atoms. The summed E-state index contributed by atoms with van der Waals surface area (Å²) >= 11 is 0. The third-order valence-electron chi connectivity index (χ3n) is 2.71. The average molecular weight is 341 g/mol. The Balaban J connectivity index is 2.86. The van der Waals surface area contributed by atoms with Crippen LogP contribution in [0.25, 0.3) is 0 Å². The molecule has 0 aliphatic carbocycles. The van der Waals surface area contributed by atoms with Crippen LogP contribution in [0, 0.1) is 0 Å². The van der Waals surface area contributed by atoms with Crippen molar-refractivity contribution in [2.75, 3.05) is 0 Å². The fourth-order valence-electron chi connectivity index (χ4n) is 1.45. The Labute approximate surface area is 129 Å². The second kappa shape index (κ2) is 6.95. The monoisotopic (exact) mass is 341 g/mol. The van der Waals surface area contributed by atoms with Crippen molar-refractivity contribution in [1.82, 2.24) is 4.72 Å².